The van der Waals surface area contributed by atoms with Crippen molar-refractivity contribution in [3.63, 3.8) is 0 Å². The van der Waals surface area contributed by atoms with Gasteiger partial charge in [-0.2, -0.15) is 5.10 Å². The van der Waals surface area contributed by atoms with E-state index >= 15 is 0 Å². The van der Waals surface area contributed by atoms with Crippen molar-refractivity contribution >= 4 is 35.5 Å². The number of hydrogen-bond acceptors (Lipinski definition) is 5. The molecule has 2 aliphatic carbocycles. The Bertz CT molecular complexity index is 1490. The van der Waals surface area contributed by atoms with Gasteiger partial charge in [0.1, 0.15) is 5.69 Å². The fourth-order valence-electron chi connectivity index (χ4n) is 4.29. The van der Waals surface area contributed by atoms with Gasteiger partial charge in [0.05, 0.1) is 22.9 Å². The van der Waals surface area contributed by atoms with E-state index in [1.165, 1.54) is 11.8 Å². The fraction of sp³-hybridized carbons (Fsp3) is 0.222. The van der Waals surface area contributed by atoms with Crippen LogP contribution in [0.1, 0.15) is 49.4 Å². The van der Waals surface area contributed by atoms with Crippen molar-refractivity contribution in [1.82, 2.24) is 20.2 Å². The van der Waals surface area contributed by atoms with Gasteiger partial charge in [0.15, 0.2) is 0 Å². The highest BCUT2D eigenvalue weighted by Gasteiger charge is 2.20. The SMILES string of the molecule is CCCC(=O)Nc1cncc(C(/C=c2/c(-c3cc4c([nH]3)CC(N)=CC=C4)n[nH]/c2=C/N)=C2CC2)c1. The molecule has 0 spiro atoms. The normalized spacial score (nSPS) is 15.6. The predicted molar refractivity (Wildman–Crippen MR) is 140 cm³/mol. The van der Waals surface area contributed by atoms with Crippen molar-refractivity contribution in [1.29, 1.82) is 0 Å². The minimum absolute atomic E-state index is 0.00997. The largest absolute Gasteiger partial charge is 0.403 e. The Morgan fingerprint density at radius 3 is 2.89 bits per heavy atom. The molecule has 0 saturated heterocycles. The lowest BCUT2D eigenvalue weighted by Crippen LogP contribution is -2.25. The van der Waals surface area contributed by atoms with Gasteiger partial charge in [0, 0.05) is 47.4 Å². The molecule has 178 valence electrons. The van der Waals surface area contributed by atoms with E-state index < -0.39 is 0 Å². The van der Waals surface area contributed by atoms with Crippen molar-refractivity contribution in [2.75, 3.05) is 5.32 Å². The van der Waals surface area contributed by atoms with E-state index in [0.29, 0.717) is 18.5 Å². The Balaban J connectivity index is 1.58. The smallest absolute Gasteiger partial charge is 0.224 e. The highest BCUT2D eigenvalue weighted by atomic mass is 16.1. The van der Waals surface area contributed by atoms with E-state index in [1.807, 2.05) is 37.4 Å². The Morgan fingerprint density at radius 2 is 2.11 bits per heavy atom. The summed E-state index contributed by atoms with van der Waals surface area (Å²) in [4.78, 5) is 20.0. The topological polar surface area (TPSA) is 138 Å². The van der Waals surface area contributed by atoms with Gasteiger partial charge in [-0.3, -0.25) is 14.9 Å². The van der Waals surface area contributed by atoms with Crippen LogP contribution in [0.3, 0.4) is 0 Å². The maximum absolute atomic E-state index is 12.1. The molecular formula is C27H29N7O. The fourth-order valence-corrected chi connectivity index (χ4v) is 4.29. The minimum Gasteiger partial charge on any atom is -0.403 e. The number of anilines is 1. The summed E-state index contributed by atoms with van der Waals surface area (Å²) in [6, 6.07) is 4.06. The van der Waals surface area contributed by atoms with E-state index in [1.54, 1.807) is 6.20 Å². The number of carbonyl (C=O) groups is 1. The van der Waals surface area contributed by atoms with Crippen LogP contribution in [-0.4, -0.2) is 26.1 Å². The van der Waals surface area contributed by atoms with Crippen LogP contribution in [0, 0.1) is 0 Å². The molecule has 8 nitrogen and oxygen atoms in total. The number of nitrogens with zero attached hydrogens (tertiary/aromatic N) is 2. The second-order valence-corrected chi connectivity index (χ2v) is 8.88. The molecule has 0 aliphatic heterocycles. The maximum Gasteiger partial charge on any atom is 0.224 e. The van der Waals surface area contributed by atoms with Crippen LogP contribution in [0.4, 0.5) is 5.69 Å². The summed E-state index contributed by atoms with van der Waals surface area (Å²) in [5.41, 5.74) is 20.7. The number of H-pyrrole nitrogens is 2. The zero-order valence-electron chi connectivity index (χ0n) is 19.7. The average Bonchev–Trinajstić information content (AvgIpc) is 3.53. The van der Waals surface area contributed by atoms with Gasteiger partial charge in [-0.15, -0.1) is 0 Å². The number of aromatic amines is 2. The van der Waals surface area contributed by atoms with Gasteiger partial charge in [0.25, 0.3) is 0 Å². The summed E-state index contributed by atoms with van der Waals surface area (Å²) in [7, 11) is 0. The Morgan fingerprint density at radius 1 is 1.26 bits per heavy atom. The summed E-state index contributed by atoms with van der Waals surface area (Å²) in [6.45, 7) is 1.98. The molecule has 3 aromatic rings. The zero-order chi connectivity index (χ0) is 24.4. The Labute approximate surface area is 203 Å². The highest BCUT2D eigenvalue weighted by molar-refractivity contribution is 5.95. The van der Waals surface area contributed by atoms with Crippen LogP contribution in [0.15, 0.2) is 47.9 Å². The predicted octanol–water partition coefficient (Wildman–Crippen LogP) is 2.68. The molecule has 0 atom stereocenters. The van der Waals surface area contributed by atoms with Gasteiger partial charge in [0.2, 0.25) is 5.91 Å². The molecule has 7 N–H and O–H groups in total. The third-order valence-corrected chi connectivity index (χ3v) is 6.14. The number of nitrogens with two attached hydrogens (primary N) is 2. The maximum atomic E-state index is 12.1. The van der Waals surface area contributed by atoms with E-state index in [0.717, 1.165) is 69.3 Å². The second kappa shape index (κ2) is 9.50. The molecule has 3 aromatic heterocycles. The van der Waals surface area contributed by atoms with Crippen LogP contribution in [0.2, 0.25) is 0 Å². The first-order chi connectivity index (χ1) is 17.1. The van der Waals surface area contributed by atoms with Crippen LogP contribution in [-0.2, 0) is 11.2 Å². The summed E-state index contributed by atoms with van der Waals surface area (Å²) in [6.07, 6.45) is 17.1. The van der Waals surface area contributed by atoms with Crippen molar-refractivity contribution in [3.8, 4) is 11.4 Å². The number of amides is 1. The van der Waals surface area contributed by atoms with Gasteiger partial charge >= 0.3 is 0 Å². The molecule has 2 aliphatic rings. The van der Waals surface area contributed by atoms with Crippen LogP contribution >= 0.6 is 0 Å². The molecular weight excluding hydrogens is 438 g/mol. The lowest BCUT2D eigenvalue weighted by molar-refractivity contribution is -0.116. The lowest BCUT2D eigenvalue weighted by atomic mass is 10.0. The van der Waals surface area contributed by atoms with Crippen LogP contribution in [0.5, 0.6) is 0 Å². The molecule has 8 heteroatoms. The number of allylic oxidation sites excluding steroid dienone is 5. The van der Waals surface area contributed by atoms with Crippen molar-refractivity contribution in [2.24, 2.45) is 11.5 Å². The van der Waals surface area contributed by atoms with E-state index in [2.05, 4.69) is 37.6 Å². The first-order valence-electron chi connectivity index (χ1n) is 11.9. The minimum atomic E-state index is -0.00997. The third kappa shape index (κ3) is 4.82. The summed E-state index contributed by atoms with van der Waals surface area (Å²) >= 11 is 0. The number of rotatable bonds is 6. The standard InChI is InChI=1S/C27H29N7O/c1-2-4-26(35)31-20-9-18(14-30-15-20)21(16-7-8-16)12-22-25(13-28)33-34-27(22)24-10-17-5-3-6-19(29)11-23(17)32-24/h3,5-6,9-10,12-15,32-33H,2,4,7-8,11,28-29H2,1H3,(H,31,35)/b22-12+,25-13+. The number of pyridine rings is 1. The van der Waals surface area contributed by atoms with E-state index in [4.69, 9.17) is 11.5 Å². The average molecular weight is 468 g/mol. The van der Waals surface area contributed by atoms with Crippen molar-refractivity contribution < 1.29 is 4.79 Å². The Kier molecular flexibility index (Phi) is 6.10. The second-order valence-electron chi connectivity index (χ2n) is 8.88. The summed E-state index contributed by atoms with van der Waals surface area (Å²) in [5, 5.41) is 12.2. The van der Waals surface area contributed by atoms with E-state index in [9.17, 15) is 4.79 Å². The van der Waals surface area contributed by atoms with Gasteiger partial charge in [-0.25, -0.2) is 0 Å². The number of carbonyl (C=O) groups excluding carboxylic acids is 1. The number of fused-ring (bicyclic) bond motifs is 1. The first kappa shape index (κ1) is 22.5. The van der Waals surface area contributed by atoms with Gasteiger partial charge in [-0.05, 0) is 54.7 Å². The molecule has 0 unspecified atom stereocenters. The summed E-state index contributed by atoms with van der Waals surface area (Å²) in [5.74, 6) is -0.00997. The molecule has 5 rings (SSSR count). The highest BCUT2D eigenvalue weighted by Crippen LogP contribution is 2.37. The van der Waals surface area contributed by atoms with Gasteiger partial charge < -0.3 is 21.8 Å². The molecule has 35 heavy (non-hydrogen) atoms. The summed E-state index contributed by atoms with van der Waals surface area (Å²) < 4.78 is 0. The molecule has 0 radical (unpaired) electrons. The molecule has 3 heterocycles. The molecule has 1 amide bonds. The van der Waals surface area contributed by atoms with E-state index in [-0.39, 0.29) is 5.91 Å². The van der Waals surface area contributed by atoms with Gasteiger partial charge in [-0.1, -0.05) is 24.6 Å². The monoisotopic (exact) mass is 467 g/mol. The molecule has 0 aromatic carbocycles. The lowest BCUT2D eigenvalue weighted by Gasteiger charge is -2.07. The van der Waals surface area contributed by atoms with Crippen molar-refractivity contribution in [2.45, 2.75) is 39.0 Å². The first-order valence-corrected chi connectivity index (χ1v) is 11.9. The molecule has 0 bridgehead atoms. The van der Waals surface area contributed by atoms with Crippen molar-refractivity contribution in [3.05, 3.63) is 75.3 Å². The molecule has 1 fully saturated rings. The number of hydrogen-bond donors (Lipinski definition) is 5. The van der Waals surface area contributed by atoms with Crippen LogP contribution in [0.25, 0.3) is 35.3 Å². The quantitative estimate of drug-likeness (QED) is 0.379. The van der Waals surface area contributed by atoms with Crippen LogP contribution < -0.4 is 27.4 Å². The Hall–Kier alpha value is -4.33. The molecule has 1 saturated carbocycles. The zero-order valence-corrected chi connectivity index (χ0v) is 19.7. The number of aromatic nitrogens is 4. The number of nitrogens with one attached hydrogen (secondary N) is 3. The third-order valence-electron chi connectivity index (χ3n) is 6.14.